The molecule has 0 radical (unpaired) electrons. The first-order valence-electron chi connectivity index (χ1n) is 4.03. The molecule has 1 aromatic heterocycles. The van der Waals surface area contributed by atoms with Crippen molar-refractivity contribution >= 4 is 23.2 Å². The second kappa shape index (κ2) is 4.71. The second-order valence-corrected chi connectivity index (χ2v) is 3.43. The number of nitrogens with zero attached hydrogens (tertiary/aromatic N) is 1. The third-order valence-electron chi connectivity index (χ3n) is 1.36. The van der Waals surface area contributed by atoms with Gasteiger partial charge in [0.2, 0.25) is 5.91 Å². The van der Waals surface area contributed by atoms with E-state index in [4.69, 9.17) is 10.5 Å². The summed E-state index contributed by atoms with van der Waals surface area (Å²) in [7, 11) is 0. The van der Waals surface area contributed by atoms with E-state index in [1.807, 2.05) is 0 Å². The Kier molecular flexibility index (Phi) is 3.58. The van der Waals surface area contributed by atoms with E-state index in [9.17, 15) is 9.59 Å². The zero-order valence-corrected chi connectivity index (χ0v) is 8.47. The maximum Gasteiger partial charge on any atom is 0.357 e. The van der Waals surface area contributed by atoms with Gasteiger partial charge < -0.3 is 10.5 Å². The molecule has 1 amide bonds. The fourth-order valence-electron chi connectivity index (χ4n) is 0.840. The number of primary amides is 1. The predicted molar refractivity (Wildman–Crippen MR) is 51.0 cm³/mol. The summed E-state index contributed by atoms with van der Waals surface area (Å²) < 4.78 is 4.74. The minimum Gasteiger partial charge on any atom is -0.461 e. The fraction of sp³-hybridized carbons (Fsp3) is 0.375. The highest BCUT2D eigenvalue weighted by Gasteiger charge is 2.12. The third kappa shape index (κ3) is 2.81. The van der Waals surface area contributed by atoms with Gasteiger partial charge in [-0.3, -0.25) is 4.79 Å². The molecule has 0 spiro atoms. The molecule has 0 saturated heterocycles. The van der Waals surface area contributed by atoms with Crippen LogP contribution in [0.1, 0.15) is 22.4 Å². The molecule has 0 aliphatic rings. The van der Waals surface area contributed by atoms with Gasteiger partial charge in [0.05, 0.1) is 13.0 Å². The van der Waals surface area contributed by atoms with Gasteiger partial charge in [0.15, 0.2) is 5.69 Å². The van der Waals surface area contributed by atoms with Crippen molar-refractivity contribution in [3.63, 3.8) is 0 Å². The third-order valence-corrected chi connectivity index (χ3v) is 2.21. The number of esters is 1. The van der Waals surface area contributed by atoms with E-state index in [1.165, 1.54) is 11.3 Å². The number of thiazole rings is 1. The Morgan fingerprint density at radius 3 is 2.93 bits per heavy atom. The summed E-state index contributed by atoms with van der Waals surface area (Å²) in [6.45, 7) is 2.02. The number of hydrogen-bond donors (Lipinski definition) is 1. The van der Waals surface area contributed by atoms with Crippen LogP contribution in [0.2, 0.25) is 0 Å². The summed E-state index contributed by atoms with van der Waals surface area (Å²) in [5, 5.41) is 2.08. The quantitative estimate of drug-likeness (QED) is 0.733. The minimum absolute atomic E-state index is 0.0596. The van der Waals surface area contributed by atoms with E-state index in [0.29, 0.717) is 11.6 Å². The molecule has 0 aliphatic carbocycles. The van der Waals surface area contributed by atoms with Crippen molar-refractivity contribution in [1.82, 2.24) is 4.98 Å². The van der Waals surface area contributed by atoms with Crippen LogP contribution in [0.3, 0.4) is 0 Å². The maximum absolute atomic E-state index is 11.1. The first kappa shape index (κ1) is 10.6. The van der Waals surface area contributed by atoms with Gasteiger partial charge in [-0.1, -0.05) is 0 Å². The van der Waals surface area contributed by atoms with Gasteiger partial charge >= 0.3 is 5.97 Å². The molecule has 14 heavy (non-hydrogen) atoms. The highest BCUT2D eigenvalue weighted by atomic mass is 32.1. The van der Waals surface area contributed by atoms with Crippen LogP contribution in [-0.2, 0) is 16.0 Å². The predicted octanol–water partition coefficient (Wildman–Crippen LogP) is 0.348. The molecule has 0 saturated carbocycles. The number of aromatic nitrogens is 1. The number of rotatable bonds is 4. The van der Waals surface area contributed by atoms with Crippen LogP contribution in [0.15, 0.2) is 5.38 Å². The SMILES string of the molecule is CCOC(=O)c1csc(CC(N)=O)n1. The summed E-state index contributed by atoms with van der Waals surface area (Å²) in [4.78, 5) is 25.6. The Balaban J connectivity index is 2.67. The number of carbonyl (C=O) groups is 2. The van der Waals surface area contributed by atoms with E-state index < -0.39 is 11.9 Å². The molecule has 6 heteroatoms. The Morgan fingerprint density at radius 2 is 2.36 bits per heavy atom. The molecular formula is C8H10N2O3S. The van der Waals surface area contributed by atoms with E-state index in [2.05, 4.69) is 4.98 Å². The topological polar surface area (TPSA) is 82.3 Å². The van der Waals surface area contributed by atoms with Gasteiger partial charge in [-0.25, -0.2) is 9.78 Å². The number of hydrogen-bond acceptors (Lipinski definition) is 5. The lowest BCUT2D eigenvalue weighted by Gasteiger charge is -1.95. The Labute approximate surface area is 84.9 Å². The molecule has 1 rings (SSSR count). The highest BCUT2D eigenvalue weighted by molar-refractivity contribution is 7.09. The Bertz CT molecular complexity index is 348. The minimum atomic E-state index is -0.473. The molecule has 5 nitrogen and oxygen atoms in total. The van der Waals surface area contributed by atoms with Crippen molar-refractivity contribution < 1.29 is 14.3 Å². The van der Waals surface area contributed by atoms with Crippen molar-refractivity contribution in [2.24, 2.45) is 5.73 Å². The number of nitrogens with two attached hydrogens (primary N) is 1. The second-order valence-electron chi connectivity index (χ2n) is 2.49. The zero-order valence-electron chi connectivity index (χ0n) is 7.65. The molecule has 2 N–H and O–H groups in total. The zero-order chi connectivity index (χ0) is 10.6. The molecule has 0 aromatic carbocycles. The summed E-state index contributed by atoms with van der Waals surface area (Å²) in [5.74, 6) is -0.936. The molecule has 76 valence electrons. The molecule has 0 fully saturated rings. The summed E-state index contributed by atoms with van der Waals surface area (Å²) in [6, 6.07) is 0. The Morgan fingerprint density at radius 1 is 1.64 bits per heavy atom. The van der Waals surface area contributed by atoms with Crippen molar-refractivity contribution in [3.8, 4) is 0 Å². The molecule has 0 unspecified atom stereocenters. The van der Waals surface area contributed by atoms with Gasteiger partial charge in [-0.05, 0) is 6.92 Å². The van der Waals surface area contributed by atoms with Gasteiger partial charge in [-0.15, -0.1) is 11.3 Å². The number of ether oxygens (including phenoxy) is 1. The molecule has 1 heterocycles. The monoisotopic (exact) mass is 214 g/mol. The first-order valence-corrected chi connectivity index (χ1v) is 4.91. The van der Waals surface area contributed by atoms with Gasteiger partial charge in [-0.2, -0.15) is 0 Å². The van der Waals surface area contributed by atoms with Crippen LogP contribution < -0.4 is 5.73 Å². The van der Waals surface area contributed by atoms with Crippen LogP contribution in [0.5, 0.6) is 0 Å². The van der Waals surface area contributed by atoms with Gasteiger partial charge in [0.1, 0.15) is 5.01 Å². The van der Waals surface area contributed by atoms with Crippen molar-refractivity contribution in [2.75, 3.05) is 6.61 Å². The van der Waals surface area contributed by atoms with E-state index >= 15 is 0 Å². The standard InChI is InChI=1S/C8H10N2O3S/c1-2-13-8(12)5-4-14-7(10-5)3-6(9)11/h4H,2-3H2,1H3,(H2,9,11). The van der Waals surface area contributed by atoms with E-state index in [1.54, 1.807) is 12.3 Å². The van der Waals surface area contributed by atoms with Gasteiger partial charge in [0, 0.05) is 5.38 Å². The van der Waals surface area contributed by atoms with E-state index in [-0.39, 0.29) is 12.1 Å². The van der Waals surface area contributed by atoms with Crippen LogP contribution in [0.4, 0.5) is 0 Å². The smallest absolute Gasteiger partial charge is 0.357 e. The molecule has 0 aliphatic heterocycles. The molecule has 0 bridgehead atoms. The van der Waals surface area contributed by atoms with Crippen LogP contribution in [0.25, 0.3) is 0 Å². The molecular weight excluding hydrogens is 204 g/mol. The first-order chi connectivity index (χ1) is 6.63. The average molecular weight is 214 g/mol. The van der Waals surface area contributed by atoms with E-state index in [0.717, 1.165) is 0 Å². The largest absolute Gasteiger partial charge is 0.461 e. The summed E-state index contributed by atoms with van der Waals surface area (Å²) in [6.07, 6.45) is 0.0596. The number of amides is 1. The lowest BCUT2D eigenvalue weighted by molar-refractivity contribution is -0.117. The lowest BCUT2D eigenvalue weighted by Crippen LogP contribution is -2.13. The lowest BCUT2D eigenvalue weighted by atomic mass is 10.4. The Hall–Kier alpha value is -1.43. The normalized spacial score (nSPS) is 9.79. The van der Waals surface area contributed by atoms with Crippen LogP contribution in [-0.4, -0.2) is 23.5 Å². The molecule has 1 aromatic rings. The van der Waals surface area contributed by atoms with Gasteiger partial charge in [0.25, 0.3) is 0 Å². The number of carbonyl (C=O) groups excluding carboxylic acids is 2. The summed E-state index contributed by atoms with van der Waals surface area (Å²) >= 11 is 1.22. The fourth-order valence-corrected chi connectivity index (χ4v) is 1.61. The van der Waals surface area contributed by atoms with Crippen molar-refractivity contribution in [2.45, 2.75) is 13.3 Å². The van der Waals surface area contributed by atoms with Crippen molar-refractivity contribution in [1.29, 1.82) is 0 Å². The summed E-state index contributed by atoms with van der Waals surface area (Å²) in [5.41, 5.74) is 5.21. The molecule has 0 atom stereocenters. The van der Waals surface area contributed by atoms with Crippen LogP contribution in [0, 0.1) is 0 Å². The maximum atomic E-state index is 11.1. The van der Waals surface area contributed by atoms with Crippen molar-refractivity contribution in [3.05, 3.63) is 16.1 Å². The average Bonchev–Trinajstić information content (AvgIpc) is 2.52. The van der Waals surface area contributed by atoms with Crippen LogP contribution >= 0.6 is 11.3 Å². The highest BCUT2D eigenvalue weighted by Crippen LogP contribution is 2.11.